The summed E-state index contributed by atoms with van der Waals surface area (Å²) in [4.78, 5) is 36.1. The number of ether oxygens (including phenoxy) is 1. The summed E-state index contributed by atoms with van der Waals surface area (Å²) in [6, 6.07) is 15.6. The number of carbonyl (C=O) groups excluding carboxylic acids is 2. The zero-order valence-corrected chi connectivity index (χ0v) is 19.4. The van der Waals surface area contributed by atoms with Crippen LogP contribution in [0.3, 0.4) is 0 Å². The minimum absolute atomic E-state index is 0.124. The molecule has 7 nitrogen and oxygen atoms in total. The molecular weight excluding hydrogens is 456 g/mol. The van der Waals surface area contributed by atoms with E-state index in [1.54, 1.807) is 22.9 Å². The highest BCUT2D eigenvalue weighted by atomic mass is 32.1. The van der Waals surface area contributed by atoms with Gasteiger partial charge in [0.25, 0.3) is 5.91 Å². The van der Waals surface area contributed by atoms with Gasteiger partial charge in [-0.05, 0) is 24.6 Å². The molecule has 0 radical (unpaired) electrons. The van der Waals surface area contributed by atoms with Crippen molar-refractivity contribution in [1.82, 2.24) is 9.97 Å². The van der Waals surface area contributed by atoms with Gasteiger partial charge in [0.2, 0.25) is 5.91 Å². The number of anilines is 2. The summed E-state index contributed by atoms with van der Waals surface area (Å²) in [5, 5.41) is 7.93. The molecule has 0 saturated carbocycles. The second kappa shape index (κ2) is 9.13. The average molecular weight is 477 g/mol. The first-order valence-corrected chi connectivity index (χ1v) is 12.2. The molecule has 2 aromatic heterocycles. The molecule has 5 rings (SSSR count). The third-order valence-corrected chi connectivity index (χ3v) is 6.81. The molecule has 33 heavy (non-hydrogen) atoms. The van der Waals surface area contributed by atoms with Gasteiger partial charge in [0, 0.05) is 28.1 Å². The van der Waals surface area contributed by atoms with Gasteiger partial charge in [-0.15, -0.1) is 22.7 Å². The van der Waals surface area contributed by atoms with Gasteiger partial charge < -0.3 is 10.1 Å². The van der Waals surface area contributed by atoms with Crippen molar-refractivity contribution in [3.63, 3.8) is 0 Å². The highest BCUT2D eigenvalue weighted by molar-refractivity contribution is 7.14. The standard InChI is InChI=1S/C24H20N4O3S2/c1-2-19-23(30)28(13-21(29)27-24-25-10-11-32-24)18-12-16(8-9-20(18)31-19)17-14-33-22(26-17)15-6-4-3-5-7-15/h3-12,14,19H,2,13H2,1H3,(H,25,27,29). The van der Waals surface area contributed by atoms with Crippen molar-refractivity contribution in [3.05, 3.63) is 65.5 Å². The molecule has 0 fully saturated rings. The van der Waals surface area contributed by atoms with Crippen LogP contribution in [0.15, 0.2) is 65.5 Å². The topological polar surface area (TPSA) is 84.4 Å². The number of carbonyl (C=O) groups is 2. The number of thiazole rings is 2. The van der Waals surface area contributed by atoms with Crippen molar-refractivity contribution in [2.45, 2.75) is 19.4 Å². The zero-order valence-electron chi connectivity index (χ0n) is 17.7. The number of hydrogen-bond acceptors (Lipinski definition) is 7. The van der Waals surface area contributed by atoms with E-state index in [4.69, 9.17) is 9.72 Å². The zero-order chi connectivity index (χ0) is 22.8. The summed E-state index contributed by atoms with van der Waals surface area (Å²) in [6.45, 7) is 1.76. The first-order valence-electron chi connectivity index (χ1n) is 10.4. The van der Waals surface area contributed by atoms with E-state index < -0.39 is 6.10 Å². The number of benzene rings is 2. The van der Waals surface area contributed by atoms with Crippen molar-refractivity contribution in [1.29, 1.82) is 0 Å². The summed E-state index contributed by atoms with van der Waals surface area (Å²) in [6.07, 6.45) is 1.50. The Morgan fingerprint density at radius 2 is 2.00 bits per heavy atom. The quantitative estimate of drug-likeness (QED) is 0.420. The number of hydrogen-bond donors (Lipinski definition) is 1. The molecule has 3 heterocycles. The fourth-order valence-corrected chi connectivity index (χ4v) is 4.99. The number of aromatic nitrogens is 2. The first kappa shape index (κ1) is 21.3. The smallest absolute Gasteiger partial charge is 0.268 e. The summed E-state index contributed by atoms with van der Waals surface area (Å²) < 4.78 is 5.93. The fraction of sp³-hybridized carbons (Fsp3) is 0.167. The van der Waals surface area contributed by atoms with E-state index in [1.807, 2.05) is 60.8 Å². The highest BCUT2D eigenvalue weighted by Gasteiger charge is 2.35. The van der Waals surface area contributed by atoms with Crippen LogP contribution in [0.25, 0.3) is 21.8 Å². The van der Waals surface area contributed by atoms with E-state index in [-0.39, 0.29) is 18.4 Å². The van der Waals surface area contributed by atoms with Crippen molar-refractivity contribution >= 4 is 45.3 Å². The van der Waals surface area contributed by atoms with Crippen molar-refractivity contribution < 1.29 is 14.3 Å². The lowest BCUT2D eigenvalue weighted by Gasteiger charge is -2.33. The Bertz CT molecular complexity index is 1290. The molecule has 1 aliphatic rings. The van der Waals surface area contributed by atoms with Gasteiger partial charge in [0.05, 0.1) is 11.4 Å². The Hall–Kier alpha value is -3.56. The van der Waals surface area contributed by atoms with E-state index in [2.05, 4.69) is 10.3 Å². The van der Waals surface area contributed by atoms with E-state index in [1.165, 1.54) is 16.2 Å². The first-order chi connectivity index (χ1) is 16.1. The van der Waals surface area contributed by atoms with Crippen LogP contribution in [0.4, 0.5) is 10.8 Å². The van der Waals surface area contributed by atoms with Crippen LogP contribution in [-0.4, -0.2) is 34.4 Å². The van der Waals surface area contributed by atoms with Crippen LogP contribution >= 0.6 is 22.7 Å². The van der Waals surface area contributed by atoms with E-state index in [9.17, 15) is 9.59 Å². The maximum atomic E-state index is 13.1. The second-order valence-corrected chi connectivity index (χ2v) is 9.16. The number of nitrogens with zero attached hydrogens (tertiary/aromatic N) is 3. The number of amides is 2. The van der Waals surface area contributed by atoms with Gasteiger partial charge in [0.1, 0.15) is 17.3 Å². The van der Waals surface area contributed by atoms with Crippen molar-refractivity contribution in [2.75, 3.05) is 16.8 Å². The predicted molar refractivity (Wildman–Crippen MR) is 131 cm³/mol. The summed E-state index contributed by atoms with van der Waals surface area (Å²) in [5.74, 6) is 0.0249. The molecule has 1 atom stereocenters. The Morgan fingerprint density at radius 3 is 2.76 bits per heavy atom. The monoisotopic (exact) mass is 476 g/mol. The normalized spacial score (nSPS) is 15.1. The number of nitrogens with one attached hydrogen (secondary N) is 1. The number of rotatable bonds is 6. The average Bonchev–Trinajstić information content (AvgIpc) is 3.53. The fourth-order valence-electron chi connectivity index (χ4n) is 3.61. The maximum Gasteiger partial charge on any atom is 0.268 e. The summed E-state index contributed by atoms with van der Waals surface area (Å²) >= 11 is 2.89. The SMILES string of the molecule is CCC1Oc2ccc(-c3csc(-c4ccccc4)n3)cc2N(CC(=O)Nc2nccs2)C1=O. The van der Waals surface area contributed by atoms with Crippen LogP contribution in [-0.2, 0) is 9.59 Å². The molecule has 1 aliphatic heterocycles. The molecule has 9 heteroatoms. The van der Waals surface area contributed by atoms with Gasteiger partial charge in [-0.25, -0.2) is 9.97 Å². The predicted octanol–water partition coefficient (Wildman–Crippen LogP) is 5.08. The molecule has 2 amide bonds. The molecule has 1 N–H and O–H groups in total. The van der Waals surface area contributed by atoms with Crippen molar-refractivity contribution in [2.24, 2.45) is 0 Å². The number of fused-ring (bicyclic) bond motifs is 1. The Labute approximate surface area is 198 Å². The van der Waals surface area contributed by atoms with Crippen LogP contribution in [0.1, 0.15) is 13.3 Å². The Morgan fingerprint density at radius 1 is 1.15 bits per heavy atom. The molecule has 2 aromatic carbocycles. The molecule has 1 unspecified atom stereocenters. The minimum atomic E-state index is -0.625. The second-order valence-electron chi connectivity index (χ2n) is 7.41. The van der Waals surface area contributed by atoms with Crippen molar-refractivity contribution in [3.8, 4) is 27.6 Å². The van der Waals surface area contributed by atoms with E-state index >= 15 is 0 Å². The van der Waals surface area contributed by atoms with Gasteiger partial charge in [-0.2, -0.15) is 0 Å². The Balaban J connectivity index is 1.46. The van der Waals surface area contributed by atoms with Crippen LogP contribution in [0, 0.1) is 0 Å². The van der Waals surface area contributed by atoms with Gasteiger partial charge in [-0.3, -0.25) is 14.5 Å². The van der Waals surface area contributed by atoms with Gasteiger partial charge in [0.15, 0.2) is 11.2 Å². The molecular formula is C24H20N4O3S2. The summed E-state index contributed by atoms with van der Waals surface area (Å²) in [5.41, 5.74) is 3.27. The Kier molecular flexibility index (Phi) is 5.89. The third-order valence-electron chi connectivity index (χ3n) is 5.23. The lowest BCUT2D eigenvalue weighted by atomic mass is 10.1. The molecule has 0 bridgehead atoms. The lowest BCUT2D eigenvalue weighted by molar-refractivity contribution is -0.128. The van der Waals surface area contributed by atoms with Crippen LogP contribution in [0.2, 0.25) is 0 Å². The van der Waals surface area contributed by atoms with E-state index in [0.29, 0.717) is 23.0 Å². The maximum absolute atomic E-state index is 13.1. The molecule has 0 spiro atoms. The molecule has 166 valence electrons. The molecule has 0 aliphatic carbocycles. The molecule has 4 aromatic rings. The van der Waals surface area contributed by atoms with Crippen LogP contribution < -0.4 is 15.0 Å². The summed E-state index contributed by atoms with van der Waals surface area (Å²) in [7, 11) is 0. The van der Waals surface area contributed by atoms with Gasteiger partial charge >= 0.3 is 0 Å². The van der Waals surface area contributed by atoms with Crippen LogP contribution in [0.5, 0.6) is 5.75 Å². The lowest BCUT2D eigenvalue weighted by Crippen LogP contribution is -2.48. The minimum Gasteiger partial charge on any atom is -0.478 e. The third kappa shape index (κ3) is 4.37. The molecule has 0 saturated heterocycles. The largest absolute Gasteiger partial charge is 0.478 e. The van der Waals surface area contributed by atoms with E-state index in [0.717, 1.165) is 21.8 Å². The highest BCUT2D eigenvalue weighted by Crippen LogP contribution is 2.39. The van der Waals surface area contributed by atoms with Gasteiger partial charge in [-0.1, -0.05) is 37.3 Å².